The standard InChI is InChI=1S/C19H24O8SSe/c1-11(20)24-16-15(10-28-29-14-8-6-5-7-9-14)27-19(23-4)18(26-13(3)22)17(16)25-12(2)21/h5-9,15-19H,10H2,1-4H3/t15-,16-,17+,18-,19+/m1/s1. The zero-order chi connectivity index (χ0) is 21.4. The van der Waals surface area contributed by atoms with Gasteiger partial charge in [-0.05, 0) is 0 Å². The van der Waals surface area contributed by atoms with Gasteiger partial charge in [-0.3, -0.25) is 0 Å². The van der Waals surface area contributed by atoms with E-state index in [1.54, 1.807) is 10.2 Å². The maximum absolute atomic E-state index is 11.7. The summed E-state index contributed by atoms with van der Waals surface area (Å²) in [6.07, 6.45) is -4.63. The maximum atomic E-state index is 11.7. The third kappa shape index (κ3) is 7.31. The van der Waals surface area contributed by atoms with Gasteiger partial charge < -0.3 is 0 Å². The number of benzene rings is 1. The molecule has 1 heterocycles. The number of methoxy groups -OCH3 is 1. The van der Waals surface area contributed by atoms with Crippen LogP contribution in [0.25, 0.3) is 0 Å². The molecule has 1 fully saturated rings. The second-order valence-electron chi connectivity index (χ2n) is 6.18. The Hall–Kier alpha value is -1.58. The molecule has 0 N–H and O–H groups in total. The monoisotopic (exact) mass is 492 g/mol. The van der Waals surface area contributed by atoms with E-state index in [4.69, 9.17) is 23.7 Å². The average molecular weight is 491 g/mol. The van der Waals surface area contributed by atoms with Gasteiger partial charge in [-0.25, -0.2) is 0 Å². The van der Waals surface area contributed by atoms with Crippen molar-refractivity contribution in [2.75, 3.05) is 12.9 Å². The summed E-state index contributed by atoms with van der Waals surface area (Å²) in [7, 11) is 3.03. The summed E-state index contributed by atoms with van der Waals surface area (Å²) in [5, 5.41) is 0. The molecule has 0 spiro atoms. The quantitative estimate of drug-likeness (QED) is 0.298. The molecule has 0 aromatic heterocycles. The molecule has 29 heavy (non-hydrogen) atoms. The van der Waals surface area contributed by atoms with Gasteiger partial charge in [0, 0.05) is 0 Å². The van der Waals surface area contributed by atoms with E-state index in [1.165, 1.54) is 32.3 Å². The molecule has 0 amide bonds. The molecule has 0 aliphatic carbocycles. The second kappa shape index (κ2) is 11.6. The molecular formula is C19H24O8SSe. The Morgan fingerprint density at radius 2 is 1.48 bits per heavy atom. The van der Waals surface area contributed by atoms with Crippen LogP contribution in [0.2, 0.25) is 0 Å². The summed E-state index contributed by atoms with van der Waals surface area (Å²) in [6, 6.07) is 9.96. The molecule has 0 unspecified atom stereocenters. The zero-order valence-electron chi connectivity index (χ0n) is 16.6. The molecule has 0 radical (unpaired) electrons. The van der Waals surface area contributed by atoms with Gasteiger partial charge in [0.2, 0.25) is 0 Å². The SMILES string of the molecule is CO[C@H]1O[C@H](CS[Se]c2ccccc2)[C@@H](OC(C)=O)[C@H](OC(C)=O)[C@H]1OC(C)=O. The van der Waals surface area contributed by atoms with Crippen LogP contribution >= 0.6 is 10.2 Å². The van der Waals surface area contributed by atoms with Crippen LogP contribution in [0.1, 0.15) is 20.8 Å². The second-order valence-corrected chi connectivity index (χ2v) is 10.4. The third-order valence-electron chi connectivity index (χ3n) is 3.86. The number of esters is 3. The Balaban J connectivity index is 2.21. The number of hydrogen-bond donors (Lipinski definition) is 0. The van der Waals surface area contributed by atoms with Crippen LogP contribution < -0.4 is 4.46 Å². The first-order chi connectivity index (χ1) is 13.8. The first kappa shape index (κ1) is 23.7. The van der Waals surface area contributed by atoms with Crippen LogP contribution in [0.5, 0.6) is 0 Å². The average Bonchev–Trinajstić information content (AvgIpc) is 2.65. The molecule has 8 nitrogen and oxygen atoms in total. The summed E-state index contributed by atoms with van der Waals surface area (Å²) in [4.78, 5) is 35.0. The molecule has 1 aliphatic heterocycles. The van der Waals surface area contributed by atoms with Crippen molar-refractivity contribution in [1.82, 2.24) is 0 Å². The predicted octanol–water partition coefficient (Wildman–Crippen LogP) is 0.831. The Bertz CT molecular complexity index is 701. The summed E-state index contributed by atoms with van der Waals surface area (Å²) < 4.78 is 28.6. The fourth-order valence-electron chi connectivity index (χ4n) is 2.82. The topological polar surface area (TPSA) is 97.4 Å². The van der Waals surface area contributed by atoms with Crippen LogP contribution in [0.15, 0.2) is 30.3 Å². The normalized spacial score (nSPS) is 26.4. The van der Waals surface area contributed by atoms with Crippen molar-refractivity contribution in [3.8, 4) is 0 Å². The van der Waals surface area contributed by atoms with Gasteiger partial charge in [0.15, 0.2) is 0 Å². The van der Waals surface area contributed by atoms with Crippen LogP contribution in [0.3, 0.4) is 0 Å². The van der Waals surface area contributed by atoms with Crippen molar-refractivity contribution in [2.24, 2.45) is 0 Å². The summed E-state index contributed by atoms with van der Waals surface area (Å²) in [5.41, 5.74) is 0. The first-order valence-electron chi connectivity index (χ1n) is 8.86. The van der Waals surface area contributed by atoms with Gasteiger partial charge in [-0.2, -0.15) is 0 Å². The van der Waals surface area contributed by atoms with E-state index in [2.05, 4.69) is 0 Å². The van der Waals surface area contributed by atoms with Crippen LogP contribution in [0, 0.1) is 0 Å². The van der Waals surface area contributed by atoms with Crippen LogP contribution in [-0.2, 0) is 38.1 Å². The molecule has 1 aromatic carbocycles. The van der Waals surface area contributed by atoms with Gasteiger partial charge in [0.25, 0.3) is 0 Å². The number of carbonyl (C=O) groups is 3. The number of ether oxygens (including phenoxy) is 5. The predicted molar refractivity (Wildman–Crippen MR) is 107 cm³/mol. The number of carbonyl (C=O) groups excluding carboxylic acids is 3. The van der Waals surface area contributed by atoms with Crippen molar-refractivity contribution in [3.05, 3.63) is 30.3 Å². The Morgan fingerprint density at radius 3 is 2.03 bits per heavy atom. The fraction of sp³-hybridized carbons (Fsp3) is 0.526. The van der Waals surface area contributed by atoms with E-state index >= 15 is 0 Å². The van der Waals surface area contributed by atoms with Crippen molar-refractivity contribution in [1.29, 1.82) is 0 Å². The molecule has 1 saturated heterocycles. The van der Waals surface area contributed by atoms with Gasteiger partial charge in [-0.1, -0.05) is 0 Å². The van der Waals surface area contributed by atoms with Crippen molar-refractivity contribution in [2.45, 2.75) is 51.5 Å². The van der Waals surface area contributed by atoms with E-state index in [-0.39, 0.29) is 13.8 Å². The van der Waals surface area contributed by atoms with Gasteiger partial charge in [0.05, 0.1) is 0 Å². The number of hydrogen-bond acceptors (Lipinski definition) is 9. The van der Waals surface area contributed by atoms with Crippen molar-refractivity contribution in [3.63, 3.8) is 0 Å². The van der Waals surface area contributed by atoms with E-state index < -0.39 is 48.6 Å². The van der Waals surface area contributed by atoms with E-state index in [0.29, 0.717) is 5.75 Å². The Morgan fingerprint density at radius 1 is 0.931 bits per heavy atom. The summed E-state index contributed by atoms with van der Waals surface area (Å²) in [6.45, 7) is 3.71. The molecule has 2 rings (SSSR count). The molecule has 160 valence electrons. The fourth-order valence-corrected chi connectivity index (χ4v) is 6.70. The minimum absolute atomic E-state index is 0.109. The summed E-state index contributed by atoms with van der Waals surface area (Å²) >= 11 is 0.109. The van der Waals surface area contributed by atoms with Crippen LogP contribution in [-0.4, -0.2) is 75.3 Å². The molecule has 0 saturated carbocycles. The zero-order valence-corrected chi connectivity index (χ0v) is 19.1. The van der Waals surface area contributed by atoms with E-state index in [1.807, 2.05) is 30.3 Å². The minimum atomic E-state index is -1.06. The molecule has 10 heteroatoms. The molecule has 0 bridgehead atoms. The third-order valence-corrected chi connectivity index (χ3v) is 8.02. The summed E-state index contributed by atoms with van der Waals surface area (Å²) in [5.74, 6) is -1.28. The number of rotatable bonds is 8. The molecule has 1 aliphatic rings. The van der Waals surface area contributed by atoms with E-state index in [9.17, 15) is 14.4 Å². The van der Waals surface area contributed by atoms with Crippen LogP contribution in [0.4, 0.5) is 0 Å². The van der Waals surface area contributed by atoms with Gasteiger partial charge in [-0.15, -0.1) is 0 Å². The van der Waals surface area contributed by atoms with Crippen molar-refractivity contribution < 1.29 is 38.1 Å². The first-order valence-corrected chi connectivity index (χ1v) is 12.7. The van der Waals surface area contributed by atoms with E-state index in [0.717, 1.165) is 0 Å². The molecule has 5 atom stereocenters. The van der Waals surface area contributed by atoms with Gasteiger partial charge in [0.1, 0.15) is 0 Å². The van der Waals surface area contributed by atoms with Gasteiger partial charge >= 0.3 is 179 Å². The Kier molecular flexibility index (Phi) is 9.45. The molecular weight excluding hydrogens is 467 g/mol. The Labute approximate surface area is 179 Å². The van der Waals surface area contributed by atoms with Crippen molar-refractivity contribution >= 4 is 46.4 Å². The molecule has 1 aromatic rings.